The largest absolute Gasteiger partial charge is 0.463 e. The van der Waals surface area contributed by atoms with E-state index in [1.807, 2.05) is 19.1 Å². The number of ether oxygens (including phenoxy) is 1. The van der Waals surface area contributed by atoms with Gasteiger partial charge in [-0.25, -0.2) is 4.79 Å². The molecule has 0 bridgehead atoms. The van der Waals surface area contributed by atoms with Gasteiger partial charge in [-0.15, -0.1) is 0 Å². The number of aryl methyl sites for hydroxylation is 1. The second-order valence-corrected chi connectivity index (χ2v) is 4.04. The molecule has 1 atom stereocenters. The van der Waals surface area contributed by atoms with Gasteiger partial charge in [-0.2, -0.15) is 0 Å². The second-order valence-electron chi connectivity index (χ2n) is 4.04. The quantitative estimate of drug-likeness (QED) is 0.493. The Morgan fingerprint density at radius 1 is 1.44 bits per heavy atom. The summed E-state index contributed by atoms with van der Waals surface area (Å²) < 4.78 is 4.85. The van der Waals surface area contributed by atoms with Crippen molar-refractivity contribution in [2.45, 2.75) is 19.4 Å². The Hall–Kier alpha value is -1.87. The molecule has 3 heteroatoms. The number of hydrogen-bond acceptors (Lipinski definition) is 3. The van der Waals surface area contributed by atoms with Crippen LogP contribution in [-0.2, 0) is 15.1 Å². The molecule has 0 heterocycles. The van der Waals surface area contributed by atoms with Gasteiger partial charge in [-0.1, -0.05) is 49.1 Å². The number of rotatable bonds is 5. The van der Waals surface area contributed by atoms with Crippen molar-refractivity contribution in [2.24, 2.45) is 0 Å². The van der Waals surface area contributed by atoms with Crippen LogP contribution in [0.3, 0.4) is 0 Å². The van der Waals surface area contributed by atoms with Crippen molar-refractivity contribution < 1.29 is 14.6 Å². The maximum atomic E-state index is 11.7. The molecule has 0 aliphatic heterocycles. The highest BCUT2D eigenvalue weighted by Gasteiger charge is 2.34. The molecule has 0 aliphatic carbocycles. The van der Waals surface area contributed by atoms with Crippen molar-refractivity contribution in [3.63, 3.8) is 0 Å². The third-order valence-electron chi connectivity index (χ3n) is 2.77. The first-order valence-corrected chi connectivity index (χ1v) is 5.75. The lowest BCUT2D eigenvalue weighted by atomic mass is 9.86. The van der Waals surface area contributed by atoms with Gasteiger partial charge in [-0.3, -0.25) is 0 Å². The monoisotopic (exact) mass is 246 g/mol. The van der Waals surface area contributed by atoms with Crippen molar-refractivity contribution in [1.29, 1.82) is 0 Å². The number of esters is 1. The van der Waals surface area contributed by atoms with E-state index in [1.54, 1.807) is 19.1 Å². The molecule has 0 aromatic heterocycles. The Morgan fingerprint density at radius 3 is 2.44 bits per heavy atom. The molecule has 1 rings (SSSR count). The van der Waals surface area contributed by atoms with Gasteiger partial charge in [-0.05, 0) is 19.4 Å². The number of benzene rings is 1. The van der Waals surface area contributed by atoms with Gasteiger partial charge in [0.2, 0.25) is 0 Å². The minimum Gasteiger partial charge on any atom is -0.463 e. The lowest BCUT2D eigenvalue weighted by molar-refractivity contribution is -0.140. The van der Waals surface area contributed by atoms with Crippen LogP contribution in [0, 0.1) is 6.92 Å². The lowest BCUT2D eigenvalue weighted by Crippen LogP contribution is -2.30. The molecule has 0 amide bonds. The molecule has 1 aromatic carbocycles. The number of aliphatic hydroxyl groups is 1. The zero-order chi connectivity index (χ0) is 13.8. The first kappa shape index (κ1) is 14.2. The van der Waals surface area contributed by atoms with Gasteiger partial charge in [0.15, 0.2) is 0 Å². The van der Waals surface area contributed by atoms with E-state index in [0.717, 1.165) is 5.56 Å². The highest BCUT2D eigenvalue weighted by atomic mass is 16.5. The first-order valence-electron chi connectivity index (χ1n) is 5.75. The first-order chi connectivity index (χ1) is 8.45. The molecule has 0 spiro atoms. The average molecular weight is 246 g/mol. The average Bonchev–Trinajstić information content (AvgIpc) is 2.38. The minimum absolute atomic E-state index is 0.0387. The highest BCUT2D eigenvalue weighted by molar-refractivity contribution is 5.91. The fourth-order valence-electron chi connectivity index (χ4n) is 1.60. The van der Waals surface area contributed by atoms with Crippen LogP contribution in [0.25, 0.3) is 0 Å². The molecule has 3 nitrogen and oxygen atoms in total. The Labute approximate surface area is 107 Å². The van der Waals surface area contributed by atoms with Gasteiger partial charge >= 0.3 is 5.97 Å². The minimum atomic E-state index is -1.60. The third-order valence-corrected chi connectivity index (χ3v) is 2.77. The maximum absolute atomic E-state index is 11.7. The molecule has 96 valence electrons. The second kappa shape index (κ2) is 5.65. The van der Waals surface area contributed by atoms with Crippen molar-refractivity contribution in [1.82, 2.24) is 0 Å². The van der Waals surface area contributed by atoms with Gasteiger partial charge in [0, 0.05) is 0 Å². The summed E-state index contributed by atoms with van der Waals surface area (Å²) in [5.74, 6) is -0.625. The molecule has 18 heavy (non-hydrogen) atoms. The zero-order valence-corrected chi connectivity index (χ0v) is 10.8. The summed E-state index contributed by atoms with van der Waals surface area (Å²) in [5, 5.41) is 10.5. The predicted octanol–water partition coefficient (Wildman–Crippen LogP) is 2.49. The van der Waals surface area contributed by atoms with Gasteiger partial charge in [0.05, 0.1) is 12.2 Å². The van der Waals surface area contributed by atoms with E-state index >= 15 is 0 Å². The van der Waals surface area contributed by atoms with Crippen LogP contribution in [0.5, 0.6) is 0 Å². The molecule has 0 saturated heterocycles. The third kappa shape index (κ3) is 2.68. The van der Waals surface area contributed by atoms with E-state index in [9.17, 15) is 9.90 Å². The summed E-state index contributed by atoms with van der Waals surface area (Å²) in [6.07, 6.45) is 1.29. The SMILES string of the molecule is C=CC(O)(C(=C)C(=O)OCC)c1ccc(C)cc1. The molecular formula is C15H18O3. The van der Waals surface area contributed by atoms with Gasteiger partial charge < -0.3 is 9.84 Å². The summed E-state index contributed by atoms with van der Waals surface area (Å²) in [5.41, 5.74) is -0.0313. The number of carbonyl (C=O) groups is 1. The van der Waals surface area contributed by atoms with Crippen LogP contribution in [0.2, 0.25) is 0 Å². The molecule has 1 unspecified atom stereocenters. The standard InChI is InChI=1S/C15H18O3/c1-5-15(17,12(4)14(16)18-6-2)13-9-7-11(3)8-10-13/h5,7-10,17H,1,4,6H2,2-3H3. The van der Waals surface area contributed by atoms with E-state index in [1.165, 1.54) is 6.08 Å². The van der Waals surface area contributed by atoms with Crippen LogP contribution in [-0.4, -0.2) is 17.7 Å². The van der Waals surface area contributed by atoms with Crippen LogP contribution < -0.4 is 0 Å². The summed E-state index contributed by atoms with van der Waals surface area (Å²) in [6.45, 7) is 11.1. The molecule has 0 fully saturated rings. The predicted molar refractivity (Wildman–Crippen MR) is 71.0 cm³/mol. The van der Waals surface area contributed by atoms with E-state index in [2.05, 4.69) is 13.2 Å². The van der Waals surface area contributed by atoms with Gasteiger partial charge in [0.1, 0.15) is 5.60 Å². The molecule has 0 aliphatic rings. The highest BCUT2D eigenvalue weighted by Crippen LogP contribution is 2.30. The fraction of sp³-hybridized carbons (Fsp3) is 0.267. The summed E-state index contributed by atoms with van der Waals surface area (Å²) >= 11 is 0. The number of carbonyl (C=O) groups excluding carboxylic acids is 1. The molecule has 0 saturated carbocycles. The smallest absolute Gasteiger partial charge is 0.337 e. The zero-order valence-electron chi connectivity index (χ0n) is 10.8. The fourth-order valence-corrected chi connectivity index (χ4v) is 1.60. The Morgan fingerprint density at radius 2 is 2.00 bits per heavy atom. The van der Waals surface area contributed by atoms with Crippen LogP contribution >= 0.6 is 0 Å². The van der Waals surface area contributed by atoms with E-state index in [-0.39, 0.29) is 12.2 Å². The van der Waals surface area contributed by atoms with Crippen molar-refractivity contribution >= 4 is 5.97 Å². The molecule has 1 aromatic rings. The van der Waals surface area contributed by atoms with Crippen LogP contribution in [0.15, 0.2) is 49.1 Å². The Kier molecular flexibility index (Phi) is 4.45. The van der Waals surface area contributed by atoms with Crippen molar-refractivity contribution in [2.75, 3.05) is 6.61 Å². The summed E-state index contributed by atoms with van der Waals surface area (Å²) in [6, 6.07) is 7.17. The summed E-state index contributed by atoms with van der Waals surface area (Å²) in [4.78, 5) is 11.7. The number of hydrogen-bond donors (Lipinski definition) is 1. The van der Waals surface area contributed by atoms with E-state index in [0.29, 0.717) is 5.56 Å². The summed E-state index contributed by atoms with van der Waals surface area (Å²) in [7, 11) is 0. The Bertz CT molecular complexity index is 459. The molecule has 1 N–H and O–H groups in total. The van der Waals surface area contributed by atoms with Gasteiger partial charge in [0.25, 0.3) is 0 Å². The van der Waals surface area contributed by atoms with Crippen molar-refractivity contribution in [3.05, 3.63) is 60.2 Å². The Balaban J connectivity index is 3.12. The van der Waals surface area contributed by atoms with Crippen molar-refractivity contribution in [3.8, 4) is 0 Å². The van der Waals surface area contributed by atoms with E-state index in [4.69, 9.17) is 4.74 Å². The normalized spacial score (nSPS) is 13.5. The lowest BCUT2D eigenvalue weighted by Gasteiger charge is -2.26. The van der Waals surface area contributed by atoms with Crippen LogP contribution in [0.4, 0.5) is 0 Å². The maximum Gasteiger partial charge on any atom is 0.337 e. The molecule has 0 radical (unpaired) electrons. The molecular weight excluding hydrogens is 228 g/mol. The topological polar surface area (TPSA) is 46.5 Å². The van der Waals surface area contributed by atoms with E-state index < -0.39 is 11.6 Å². The van der Waals surface area contributed by atoms with Crippen LogP contribution in [0.1, 0.15) is 18.1 Å².